The number of anilines is 1. The van der Waals surface area contributed by atoms with Crippen LogP contribution in [0.3, 0.4) is 0 Å². The van der Waals surface area contributed by atoms with Gasteiger partial charge in [0.25, 0.3) is 5.91 Å². The zero-order chi connectivity index (χ0) is 27.5. The predicted octanol–water partition coefficient (Wildman–Crippen LogP) is 7.66. The predicted molar refractivity (Wildman–Crippen MR) is 157 cm³/mol. The number of esters is 1. The molecule has 1 aliphatic rings. The lowest BCUT2D eigenvalue weighted by atomic mass is 9.95. The fourth-order valence-corrected chi connectivity index (χ4v) is 6.64. The molecule has 0 aliphatic heterocycles. The number of carbonyl (C=O) groups is 2. The van der Waals surface area contributed by atoms with E-state index in [1.165, 1.54) is 11.3 Å². The van der Waals surface area contributed by atoms with Crippen LogP contribution >= 0.6 is 34.5 Å². The van der Waals surface area contributed by atoms with Crippen molar-refractivity contribution in [3.63, 3.8) is 0 Å². The van der Waals surface area contributed by atoms with Gasteiger partial charge in [0.15, 0.2) is 0 Å². The lowest BCUT2D eigenvalue weighted by Crippen LogP contribution is -2.16. The molecule has 2 aromatic carbocycles. The van der Waals surface area contributed by atoms with Crippen LogP contribution in [0.1, 0.15) is 51.7 Å². The summed E-state index contributed by atoms with van der Waals surface area (Å²) in [5.41, 5.74) is 3.85. The SMILES string of the molecule is CCOC(=O)c1c(NC(=O)/C(C#N)=C/c2cn(Cc3ccc(Cl)cc3Cl)c3ccccc23)sc2c1CCCC2. The molecule has 1 N–H and O–H groups in total. The molecule has 0 atom stereocenters. The van der Waals surface area contributed by atoms with Crippen molar-refractivity contribution in [2.24, 2.45) is 0 Å². The molecule has 0 fully saturated rings. The largest absolute Gasteiger partial charge is 0.462 e. The number of nitrogens with one attached hydrogen (secondary N) is 1. The first-order chi connectivity index (χ1) is 18.9. The van der Waals surface area contributed by atoms with Gasteiger partial charge in [0.2, 0.25) is 0 Å². The highest BCUT2D eigenvalue weighted by atomic mass is 35.5. The Morgan fingerprint density at radius 2 is 1.97 bits per heavy atom. The van der Waals surface area contributed by atoms with E-state index in [4.69, 9.17) is 27.9 Å². The Morgan fingerprint density at radius 3 is 2.74 bits per heavy atom. The molecule has 0 radical (unpaired) electrons. The first-order valence-electron chi connectivity index (χ1n) is 12.7. The lowest BCUT2D eigenvalue weighted by molar-refractivity contribution is -0.112. The number of fused-ring (bicyclic) bond motifs is 2. The molecule has 0 saturated carbocycles. The molecule has 1 amide bonds. The van der Waals surface area contributed by atoms with Crippen molar-refractivity contribution in [2.45, 2.75) is 39.2 Å². The number of nitrogens with zero attached hydrogens (tertiary/aromatic N) is 2. The summed E-state index contributed by atoms with van der Waals surface area (Å²) in [6, 6.07) is 15.2. The van der Waals surface area contributed by atoms with E-state index in [1.54, 1.807) is 25.1 Å². The summed E-state index contributed by atoms with van der Waals surface area (Å²) < 4.78 is 7.31. The van der Waals surface area contributed by atoms with Crippen LogP contribution in [0.2, 0.25) is 10.0 Å². The van der Waals surface area contributed by atoms with Gasteiger partial charge in [-0.2, -0.15) is 5.26 Å². The van der Waals surface area contributed by atoms with E-state index in [0.29, 0.717) is 27.2 Å². The number of benzene rings is 2. The first-order valence-corrected chi connectivity index (χ1v) is 14.2. The number of ether oxygens (including phenoxy) is 1. The molecule has 0 saturated heterocycles. The van der Waals surface area contributed by atoms with Crippen LogP contribution in [-0.2, 0) is 28.9 Å². The fraction of sp³-hybridized carbons (Fsp3) is 0.233. The Morgan fingerprint density at radius 1 is 1.18 bits per heavy atom. The van der Waals surface area contributed by atoms with Crippen molar-refractivity contribution in [1.82, 2.24) is 4.57 Å². The van der Waals surface area contributed by atoms with Gasteiger partial charge in [-0.25, -0.2) is 4.79 Å². The Hall–Kier alpha value is -3.57. The van der Waals surface area contributed by atoms with E-state index in [2.05, 4.69) is 5.32 Å². The highest BCUT2D eigenvalue weighted by Gasteiger charge is 2.28. The van der Waals surface area contributed by atoms with Gasteiger partial charge in [0.1, 0.15) is 16.6 Å². The van der Waals surface area contributed by atoms with Gasteiger partial charge >= 0.3 is 5.97 Å². The number of aromatic nitrogens is 1. The van der Waals surface area contributed by atoms with Crippen LogP contribution in [0, 0.1) is 11.3 Å². The third-order valence-electron chi connectivity index (χ3n) is 6.72. The summed E-state index contributed by atoms with van der Waals surface area (Å²) in [6.45, 7) is 2.48. The Kier molecular flexibility index (Phi) is 8.08. The van der Waals surface area contributed by atoms with Gasteiger partial charge in [-0.3, -0.25) is 4.79 Å². The van der Waals surface area contributed by atoms with Gasteiger partial charge in [-0.05, 0) is 68.0 Å². The summed E-state index contributed by atoms with van der Waals surface area (Å²) in [7, 11) is 0. The summed E-state index contributed by atoms with van der Waals surface area (Å²) in [6.07, 6.45) is 7.13. The quantitative estimate of drug-likeness (QED) is 0.139. The van der Waals surface area contributed by atoms with Gasteiger partial charge < -0.3 is 14.6 Å². The Labute approximate surface area is 240 Å². The summed E-state index contributed by atoms with van der Waals surface area (Å²) in [4.78, 5) is 27.2. The topological polar surface area (TPSA) is 84.1 Å². The van der Waals surface area contributed by atoms with E-state index in [9.17, 15) is 14.9 Å². The lowest BCUT2D eigenvalue weighted by Gasteiger charge is -2.12. The first kappa shape index (κ1) is 27.0. The average molecular weight is 579 g/mol. The Balaban J connectivity index is 1.48. The third kappa shape index (κ3) is 5.60. The number of hydrogen-bond donors (Lipinski definition) is 1. The van der Waals surface area contributed by atoms with Gasteiger partial charge in [-0.15, -0.1) is 11.3 Å². The number of rotatable bonds is 7. The number of hydrogen-bond acceptors (Lipinski definition) is 5. The fourth-order valence-electron chi connectivity index (χ4n) is 4.90. The second-order valence-corrected chi connectivity index (χ2v) is 11.2. The number of halogens is 2. The maximum absolute atomic E-state index is 13.3. The summed E-state index contributed by atoms with van der Waals surface area (Å²) >= 11 is 13.9. The number of carbonyl (C=O) groups excluding carboxylic acids is 2. The van der Waals surface area contributed by atoms with Crippen molar-refractivity contribution >= 4 is 68.4 Å². The van der Waals surface area contributed by atoms with Gasteiger partial charge in [-0.1, -0.05) is 47.5 Å². The number of amides is 1. The normalized spacial score (nSPS) is 13.1. The average Bonchev–Trinajstić information content (AvgIpc) is 3.46. The van der Waals surface area contributed by atoms with Crippen molar-refractivity contribution in [3.8, 4) is 6.07 Å². The maximum atomic E-state index is 13.3. The monoisotopic (exact) mass is 577 g/mol. The molecule has 2 heterocycles. The van der Waals surface area contributed by atoms with E-state index >= 15 is 0 Å². The molecule has 6 nitrogen and oxygen atoms in total. The van der Waals surface area contributed by atoms with E-state index in [1.807, 2.05) is 47.2 Å². The molecule has 0 spiro atoms. The number of aryl methyl sites for hydroxylation is 1. The van der Waals surface area contributed by atoms with Crippen molar-refractivity contribution in [2.75, 3.05) is 11.9 Å². The van der Waals surface area contributed by atoms with Crippen LogP contribution in [0.25, 0.3) is 17.0 Å². The maximum Gasteiger partial charge on any atom is 0.341 e. The molecule has 9 heteroatoms. The molecule has 39 heavy (non-hydrogen) atoms. The van der Waals surface area contributed by atoms with Crippen LogP contribution in [0.15, 0.2) is 54.2 Å². The van der Waals surface area contributed by atoms with Crippen molar-refractivity contribution in [1.29, 1.82) is 5.26 Å². The zero-order valence-electron chi connectivity index (χ0n) is 21.2. The summed E-state index contributed by atoms with van der Waals surface area (Å²) in [5, 5.41) is 15.2. The van der Waals surface area contributed by atoms with E-state index in [-0.39, 0.29) is 12.2 Å². The number of nitriles is 1. The van der Waals surface area contributed by atoms with Crippen LogP contribution in [-0.4, -0.2) is 23.1 Å². The van der Waals surface area contributed by atoms with Crippen molar-refractivity contribution < 1.29 is 14.3 Å². The van der Waals surface area contributed by atoms with Crippen LogP contribution < -0.4 is 5.32 Å². The highest BCUT2D eigenvalue weighted by Crippen LogP contribution is 2.39. The minimum atomic E-state index is -0.570. The van der Waals surface area contributed by atoms with Crippen LogP contribution in [0.5, 0.6) is 0 Å². The third-order valence-corrected chi connectivity index (χ3v) is 8.51. The van der Waals surface area contributed by atoms with Crippen molar-refractivity contribution in [3.05, 3.63) is 91.4 Å². The molecule has 4 aromatic rings. The number of thiophene rings is 1. The minimum Gasteiger partial charge on any atom is -0.462 e. The second kappa shape index (κ2) is 11.7. The standard InChI is InChI=1S/C30H25Cl2N3O3S/c1-2-38-30(37)27-23-8-4-6-10-26(23)39-29(27)34-28(36)19(15-33)13-20-17-35(25-9-5-3-7-22(20)25)16-18-11-12-21(31)14-24(18)32/h3,5,7,9,11-14,17H,2,4,6,8,10,16H2,1H3,(H,34,36)/b19-13+. The smallest absolute Gasteiger partial charge is 0.341 e. The van der Waals surface area contributed by atoms with Crippen LogP contribution in [0.4, 0.5) is 5.00 Å². The van der Waals surface area contributed by atoms with E-state index < -0.39 is 11.9 Å². The number of para-hydroxylation sites is 1. The molecule has 2 aromatic heterocycles. The van der Waals surface area contributed by atoms with Gasteiger partial charge in [0, 0.05) is 44.1 Å². The zero-order valence-corrected chi connectivity index (χ0v) is 23.6. The minimum absolute atomic E-state index is 0.0661. The molecular weight excluding hydrogens is 553 g/mol. The Bertz CT molecular complexity index is 1660. The molecular formula is C30H25Cl2N3O3S. The molecule has 198 valence electrons. The van der Waals surface area contributed by atoms with Gasteiger partial charge in [0.05, 0.1) is 12.2 Å². The molecule has 5 rings (SSSR count). The molecule has 0 unspecified atom stereocenters. The van der Waals surface area contributed by atoms with E-state index in [0.717, 1.165) is 58.2 Å². The molecule has 0 bridgehead atoms. The summed E-state index contributed by atoms with van der Waals surface area (Å²) in [5.74, 6) is -1.02. The second-order valence-electron chi connectivity index (χ2n) is 9.22. The molecule has 1 aliphatic carbocycles. The highest BCUT2D eigenvalue weighted by molar-refractivity contribution is 7.17.